The smallest absolute Gasteiger partial charge is 0.462 e. The van der Waals surface area contributed by atoms with Crippen molar-refractivity contribution >= 4 is 39.5 Å². The SMILES string of the molecule is CC(C)CCCCCCCCCCCCCCCCCCCCC(=O)O[C@H](COC(=O)CCCCCCCCCCCCCC(C)C)COP(=O)(O)OCC(O)COP(=O)(O)OC[C@@H](COC(=O)CCCCCCCCC(C)C)OC(=O)CCCCCCCCCCCCCCCCC(C)C. The van der Waals surface area contributed by atoms with Crippen LogP contribution in [0.5, 0.6) is 0 Å². The van der Waals surface area contributed by atoms with Crippen molar-refractivity contribution in [3.63, 3.8) is 0 Å². The summed E-state index contributed by atoms with van der Waals surface area (Å²) < 4.78 is 68.7. The lowest BCUT2D eigenvalue weighted by Gasteiger charge is -2.21. The van der Waals surface area contributed by atoms with Crippen molar-refractivity contribution in [2.24, 2.45) is 23.7 Å². The Morgan fingerprint density at radius 1 is 0.248 bits per heavy atom. The largest absolute Gasteiger partial charge is 0.472 e. The number of hydrogen-bond acceptors (Lipinski definition) is 15. The first-order valence-corrected chi connectivity index (χ1v) is 45.2. The van der Waals surface area contributed by atoms with Gasteiger partial charge in [-0.1, -0.05) is 370 Å². The van der Waals surface area contributed by atoms with Crippen LogP contribution < -0.4 is 0 Å². The Bertz CT molecular complexity index is 1970. The zero-order valence-corrected chi connectivity index (χ0v) is 68.3. The van der Waals surface area contributed by atoms with Gasteiger partial charge in [0.15, 0.2) is 12.2 Å². The third kappa shape index (κ3) is 76.1. The molecule has 0 spiro atoms. The van der Waals surface area contributed by atoms with Crippen LogP contribution in [0.3, 0.4) is 0 Å². The van der Waals surface area contributed by atoms with Gasteiger partial charge in [-0.05, 0) is 49.4 Å². The first-order chi connectivity index (χ1) is 48.6. The number of phosphoric acid groups is 2. The van der Waals surface area contributed by atoms with E-state index in [2.05, 4.69) is 55.4 Å². The number of phosphoric ester groups is 2. The van der Waals surface area contributed by atoms with Gasteiger partial charge in [0.1, 0.15) is 19.3 Å². The fourth-order valence-corrected chi connectivity index (χ4v) is 14.2. The number of aliphatic hydroxyl groups excluding tert-OH is 1. The summed E-state index contributed by atoms with van der Waals surface area (Å²) in [7, 11) is -9.92. The molecule has 0 aromatic heterocycles. The van der Waals surface area contributed by atoms with Crippen molar-refractivity contribution in [2.45, 2.75) is 440 Å². The maximum absolute atomic E-state index is 13.1. The van der Waals surface area contributed by atoms with E-state index in [0.29, 0.717) is 31.6 Å². The molecule has 0 radical (unpaired) electrons. The molecule has 0 aliphatic carbocycles. The molecule has 19 heteroatoms. The Morgan fingerprint density at radius 3 is 0.614 bits per heavy atom. The minimum atomic E-state index is -4.96. The lowest BCUT2D eigenvalue weighted by Crippen LogP contribution is -2.30. The van der Waals surface area contributed by atoms with Crippen LogP contribution in [0.15, 0.2) is 0 Å². The van der Waals surface area contributed by atoms with Gasteiger partial charge in [-0.2, -0.15) is 0 Å². The van der Waals surface area contributed by atoms with Crippen LogP contribution >= 0.6 is 15.6 Å². The van der Waals surface area contributed by atoms with E-state index in [4.69, 9.17) is 37.0 Å². The molecule has 0 saturated carbocycles. The number of carbonyl (C=O) groups is 4. The molecule has 0 amide bonds. The van der Waals surface area contributed by atoms with Gasteiger partial charge < -0.3 is 33.8 Å². The first kappa shape index (κ1) is 99.1. The molecule has 0 saturated heterocycles. The summed E-state index contributed by atoms with van der Waals surface area (Å²) in [6.07, 6.45) is 58.5. The van der Waals surface area contributed by atoms with Crippen molar-refractivity contribution in [1.29, 1.82) is 0 Å². The normalized spacial score (nSPS) is 14.0. The fourth-order valence-electron chi connectivity index (χ4n) is 12.6. The zero-order valence-electron chi connectivity index (χ0n) is 66.5. The molecule has 17 nitrogen and oxygen atoms in total. The summed E-state index contributed by atoms with van der Waals surface area (Å²) in [6, 6.07) is 0. The van der Waals surface area contributed by atoms with Gasteiger partial charge in [-0.3, -0.25) is 37.3 Å². The average Bonchev–Trinajstić information content (AvgIpc) is 0.963. The topological polar surface area (TPSA) is 237 Å². The van der Waals surface area contributed by atoms with Crippen molar-refractivity contribution in [1.82, 2.24) is 0 Å². The lowest BCUT2D eigenvalue weighted by molar-refractivity contribution is -0.161. The van der Waals surface area contributed by atoms with Crippen molar-refractivity contribution in [3.05, 3.63) is 0 Å². The number of ether oxygens (including phenoxy) is 4. The summed E-state index contributed by atoms with van der Waals surface area (Å²) >= 11 is 0. The van der Waals surface area contributed by atoms with Crippen molar-refractivity contribution in [3.8, 4) is 0 Å². The van der Waals surface area contributed by atoms with Crippen LogP contribution in [0, 0.1) is 23.7 Å². The molecule has 101 heavy (non-hydrogen) atoms. The molecule has 0 heterocycles. The van der Waals surface area contributed by atoms with Gasteiger partial charge >= 0.3 is 39.5 Å². The minimum Gasteiger partial charge on any atom is -0.462 e. The molecule has 600 valence electrons. The maximum Gasteiger partial charge on any atom is 0.472 e. The van der Waals surface area contributed by atoms with Gasteiger partial charge in [-0.15, -0.1) is 0 Å². The number of aliphatic hydroxyl groups is 1. The zero-order chi connectivity index (χ0) is 74.6. The highest BCUT2D eigenvalue weighted by atomic mass is 31.2. The van der Waals surface area contributed by atoms with Crippen molar-refractivity contribution in [2.75, 3.05) is 39.6 Å². The van der Waals surface area contributed by atoms with Crippen LogP contribution in [0.4, 0.5) is 0 Å². The molecule has 0 aromatic rings. The molecular formula is C82H160O17P2. The Morgan fingerprint density at radius 2 is 0.416 bits per heavy atom. The number of esters is 4. The highest BCUT2D eigenvalue weighted by Crippen LogP contribution is 2.45. The van der Waals surface area contributed by atoms with E-state index >= 15 is 0 Å². The standard InChI is InChI=1S/C82H160O17P2/c1-72(2)58-50-42-34-28-22-17-13-11-9-10-12-14-19-25-32-38-48-56-64-81(86)98-77(68-92-79(84)62-54-46-37-31-27-21-24-30-36-44-52-60-74(5)6)70-96-100(88,89)94-66-76(83)67-95-101(90,91)97-71-78(69-93-80(85)63-55-47-41-40-45-53-61-75(7)8)99-82(87)65-57-49-39-33-26-20-16-15-18-23-29-35-43-51-59-73(3)4/h72-78,83H,9-71H2,1-8H3,(H,88,89)(H,90,91)/t76?,77-,78-/m1/s1. The second kappa shape index (κ2) is 71.0. The Hall–Kier alpha value is -1.94. The van der Waals surface area contributed by atoms with Crippen LogP contribution in [-0.4, -0.2) is 96.7 Å². The van der Waals surface area contributed by atoms with Crippen LogP contribution in [0.2, 0.25) is 0 Å². The number of carbonyl (C=O) groups excluding carboxylic acids is 4. The minimum absolute atomic E-state index is 0.106. The summed E-state index contributed by atoms with van der Waals surface area (Å²) in [6.45, 7) is 14.2. The van der Waals surface area contributed by atoms with E-state index in [0.717, 1.165) is 114 Å². The summed E-state index contributed by atoms with van der Waals surface area (Å²) in [5.41, 5.74) is 0. The second-order valence-electron chi connectivity index (χ2n) is 31.4. The monoisotopic (exact) mass is 1480 g/mol. The third-order valence-electron chi connectivity index (χ3n) is 19.1. The van der Waals surface area contributed by atoms with Crippen LogP contribution in [0.1, 0.15) is 421 Å². The molecule has 0 aliphatic heterocycles. The van der Waals surface area contributed by atoms with Gasteiger partial charge in [-0.25, -0.2) is 9.13 Å². The van der Waals surface area contributed by atoms with E-state index in [1.165, 1.54) is 218 Å². The maximum atomic E-state index is 13.1. The van der Waals surface area contributed by atoms with Crippen LogP contribution in [0.25, 0.3) is 0 Å². The molecule has 3 unspecified atom stereocenters. The highest BCUT2D eigenvalue weighted by molar-refractivity contribution is 7.47. The first-order valence-electron chi connectivity index (χ1n) is 42.2. The third-order valence-corrected chi connectivity index (χ3v) is 21.0. The van der Waals surface area contributed by atoms with Gasteiger partial charge in [0.25, 0.3) is 0 Å². The van der Waals surface area contributed by atoms with Crippen molar-refractivity contribution < 1.29 is 80.2 Å². The Labute approximate surface area is 619 Å². The summed E-state index contributed by atoms with van der Waals surface area (Å²) in [4.78, 5) is 73.0. The van der Waals surface area contributed by atoms with E-state index in [9.17, 15) is 43.2 Å². The molecule has 0 bridgehead atoms. The summed E-state index contributed by atoms with van der Waals surface area (Å²) in [5, 5.41) is 10.6. The van der Waals surface area contributed by atoms with E-state index in [1.807, 2.05) is 0 Å². The lowest BCUT2D eigenvalue weighted by atomic mass is 10.0. The number of hydrogen-bond donors (Lipinski definition) is 3. The molecule has 0 rings (SSSR count). The average molecular weight is 1480 g/mol. The molecule has 0 fully saturated rings. The van der Waals surface area contributed by atoms with Crippen LogP contribution in [-0.2, 0) is 65.4 Å². The quantitative estimate of drug-likeness (QED) is 0.0222. The molecule has 3 N–H and O–H groups in total. The molecule has 0 aromatic carbocycles. The summed E-state index contributed by atoms with van der Waals surface area (Å²) in [5.74, 6) is 0.951. The Kier molecular flexibility index (Phi) is 69.6. The predicted molar refractivity (Wildman–Crippen MR) is 414 cm³/mol. The number of rotatable bonds is 79. The van der Waals surface area contributed by atoms with Gasteiger partial charge in [0.05, 0.1) is 26.4 Å². The van der Waals surface area contributed by atoms with Gasteiger partial charge in [0.2, 0.25) is 0 Å². The molecular weight excluding hydrogens is 1320 g/mol. The molecule has 5 atom stereocenters. The fraction of sp³-hybridized carbons (Fsp3) is 0.951. The van der Waals surface area contributed by atoms with E-state index in [1.54, 1.807) is 0 Å². The van der Waals surface area contributed by atoms with Gasteiger partial charge in [0, 0.05) is 25.7 Å². The van der Waals surface area contributed by atoms with E-state index < -0.39 is 97.5 Å². The highest BCUT2D eigenvalue weighted by Gasteiger charge is 2.30. The number of unbranched alkanes of at least 4 members (excludes halogenated alkanes) is 45. The second-order valence-corrected chi connectivity index (χ2v) is 34.3. The Balaban J connectivity index is 5.20. The molecule has 0 aliphatic rings. The van der Waals surface area contributed by atoms with E-state index in [-0.39, 0.29) is 25.7 Å². The predicted octanol–water partition coefficient (Wildman–Crippen LogP) is 24.4.